The van der Waals surface area contributed by atoms with E-state index in [2.05, 4.69) is 25.5 Å². The molecule has 0 spiro atoms. The van der Waals surface area contributed by atoms with E-state index in [9.17, 15) is 13.6 Å². The minimum absolute atomic E-state index is 0.0573. The lowest BCUT2D eigenvalue weighted by Crippen LogP contribution is -2.57. The first-order chi connectivity index (χ1) is 12.2. The smallest absolute Gasteiger partial charge is 0.229 e. The Bertz CT molecular complexity index is 692. The first-order valence-corrected chi connectivity index (χ1v) is 11.7. The van der Waals surface area contributed by atoms with Gasteiger partial charge in [0.15, 0.2) is 0 Å². The van der Waals surface area contributed by atoms with Crippen LogP contribution in [-0.2, 0) is 10.0 Å². The number of quaternary nitrogens is 1. The standard InChI is InChI=1S/C20H34N2O3S/c1-5-6-7-8-13-22(23)14-12-20(16(2)17(22)3)18-10-9-11-19(15-18)21-26(4,24)25/h9-11,15-17,20-21H,5-8,12-14H2,1-4H3/t16-,17+,20+,22-/m0/s1. The minimum atomic E-state index is -3.29. The van der Waals surface area contributed by atoms with E-state index in [-0.39, 0.29) is 16.6 Å². The summed E-state index contributed by atoms with van der Waals surface area (Å²) in [6.07, 6.45) is 6.55. The molecule has 1 aromatic carbocycles. The number of hydroxylamine groups is 3. The molecule has 1 N–H and O–H groups in total. The van der Waals surface area contributed by atoms with Gasteiger partial charge in [0.2, 0.25) is 10.0 Å². The number of benzene rings is 1. The van der Waals surface area contributed by atoms with Crippen molar-refractivity contribution in [2.24, 2.45) is 5.92 Å². The Morgan fingerprint density at radius 1 is 1.23 bits per heavy atom. The normalized spacial score (nSPS) is 29.5. The maximum absolute atomic E-state index is 13.3. The van der Waals surface area contributed by atoms with Crippen molar-refractivity contribution in [2.45, 2.75) is 64.8 Å². The fourth-order valence-corrected chi connectivity index (χ4v) is 4.78. The highest BCUT2D eigenvalue weighted by molar-refractivity contribution is 7.92. The predicted octanol–water partition coefficient (Wildman–Crippen LogP) is 4.46. The van der Waals surface area contributed by atoms with Crippen LogP contribution < -0.4 is 4.72 Å². The highest BCUT2D eigenvalue weighted by Gasteiger charge is 2.40. The number of hydrogen-bond acceptors (Lipinski definition) is 3. The molecule has 6 heteroatoms. The van der Waals surface area contributed by atoms with Crippen LogP contribution in [0.1, 0.15) is 64.4 Å². The molecule has 26 heavy (non-hydrogen) atoms. The molecule has 4 atom stereocenters. The molecule has 1 aliphatic rings. The highest BCUT2D eigenvalue weighted by Crippen LogP contribution is 2.40. The first-order valence-electron chi connectivity index (χ1n) is 9.82. The van der Waals surface area contributed by atoms with E-state index in [4.69, 9.17) is 0 Å². The average molecular weight is 383 g/mol. The third-order valence-corrected chi connectivity index (χ3v) is 6.57. The Morgan fingerprint density at radius 3 is 2.62 bits per heavy atom. The third kappa shape index (κ3) is 5.44. The third-order valence-electron chi connectivity index (χ3n) is 5.96. The molecular formula is C20H34N2O3S. The summed E-state index contributed by atoms with van der Waals surface area (Å²) in [6, 6.07) is 7.68. The van der Waals surface area contributed by atoms with Crippen LogP contribution in [0.2, 0.25) is 0 Å². The largest absolute Gasteiger partial charge is 0.633 e. The summed E-state index contributed by atoms with van der Waals surface area (Å²) in [4.78, 5) is 0. The number of rotatable bonds is 8. The second-order valence-corrected chi connectivity index (χ2v) is 9.70. The molecule has 1 fully saturated rings. The molecule has 0 aliphatic carbocycles. The lowest BCUT2D eigenvalue weighted by molar-refractivity contribution is -0.913. The Morgan fingerprint density at radius 2 is 1.96 bits per heavy atom. The number of anilines is 1. The van der Waals surface area contributed by atoms with Crippen molar-refractivity contribution in [2.75, 3.05) is 24.1 Å². The van der Waals surface area contributed by atoms with Gasteiger partial charge in [-0.1, -0.05) is 38.8 Å². The van der Waals surface area contributed by atoms with Gasteiger partial charge in [0, 0.05) is 18.0 Å². The Hall–Kier alpha value is -1.11. The minimum Gasteiger partial charge on any atom is -0.633 e. The van der Waals surface area contributed by atoms with E-state index in [1.807, 2.05) is 18.2 Å². The van der Waals surface area contributed by atoms with Crippen LogP contribution in [0.5, 0.6) is 0 Å². The number of nitrogens with zero attached hydrogens (tertiary/aromatic N) is 1. The molecule has 0 bridgehead atoms. The number of likely N-dealkylation sites (tertiary alicyclic amines) is 1. The summed E-state index contributed by atoms with van der Waals surface area (Å²) in [5.41, 5.74) is 1.72. The van der Waals surface area contributed by atoms with Gasteiger partial charge in [0.25, 0.3) is 0 Å². The van der Waals surface area contributed by atoms with Gasteiger partial charge >= 0.3 is 0 Å². The van der Waals surface area contributed by atoms with Crippen molar-refractivity contribution in [1.82, 2.24) is 0 Å². The molecule has 148 valence electrons. The average Bonchev–Trinajstić information content (AvgIpc) is 2.56. The van der Waals surface area contributed by atoms with E-state index < -0.39 is 10.0 Å². The number of nitrogens with one attached hydrogen (secondary N) is 1. The fraction of sp³-hybridized carbons (Fsp3) is 0.700. The molecular weight excluding hydrogens is 348 g/mol. The summed E-state index contributed by atoms with van der Waals surface area (Å²) in [5.74, 6) is 0.558. The number of unbranched alkanes of at least 4 members (excludes halogenated alkanes) is 3. The Balaban J connectivity index is 2.08. The quantitative estimate of drug-likeness (QED) is 0.410. The predicted molar refractivity (Wildman–Crippen MR) is 108 cm³/mol. The van der Waals surface area contributed by atoms with Crippen molar-refractivity contribution in [3.63, 3.8) is 0 Å². The second kappa shape index (κ2) is 8.72. The van der Waals surface area contributed by atoms with Gasteiger partial charge in [0.05, 0.1) is 25.4 Å². The van der Waals surface area contributed by atoms with Crippen LogP contribution in [0.25, 0.3) is 0 Å². The molecule has 1 aromatic rings. The molecule has 1 saturated heterocycles. The van der Waals surface area contributed by atoms with Gasteiger partial charge in [-0.2, -0.15) is 0 Å². The van der Waals surface area contributed by atoms with Crippen LogP contribution in [0.4, 0.5) is 5.69 Å². The van der Waals surface area contributed by atoms with Crippen molar-refractivity contribution in [3.8, 4) is 0 Å². The SMILES string of the molecule is CCCCCC[N@+]1([O-])CC[C@@H](c2cccc(NS(C)(=O)=O)c2)[C@@H](C)[C@H]1C. The van der Waals surface area contributed by atoms with Crippen LogP contribution in [0.3, 0.4) is 0 Å². The van der Waals surface area contributed by atoms with Gasteiger partial charge in [0.1, 0.15) is 0 Å². The van der Waals surface area contributed by atoms with Crippen LogP contribution in [-0.4, -0.2) is 38.5 Å². The molecule has 5 nitrogen and oxygen atoms in total. The first kappa shape index (κ1) is 21.2. The van der Waals surface area contributed by atoms with E-state index in [0.29, 0.717) is 24.7 Å². The summed E-state index contributed by atoms with van der Waals surface area (Å²) < 4.78 is 25.4. The van der Waals surface area contributed by atoms with Crippen LogP contribution in [0.15, 0.2) is 24.3 Å². The molecule has 0 radical (unpaired) electrons. The van der Waals surface area contributed by atoms with E-state index in [0.717, 1.165) is 31.1 Å². The summed E-state index contributed by atoms with van der Waals surface area (Å²) >= 11 is 0. The van der Waals surface area contributed by atoms with E-state index in [1.54, 1.807) is 6.07 Å². The van der Waals surface area contributed by atoms with Gasteiger partial charge in [-0.25, -0.2) is 8.42 Å². The molecule has 1 aliphatic heterocycles. The number of hydrogen-bond donors (Lipinski definition) is 1. The maximum Gasteiger partial charge on any atom is 0.229 e. The van der Waals surface area contributed by atoms with Crippen molar-refractivity contribution in [3.05, 3.63) is 35.0 Å². The van der Waals surface area contributed by atoms with Gasteiger partial charge in [-0.15, -0.1) is 0 Å². The summed E-state index contributed by atoms with van der Waals surface area (Å²) in [6.45, 7) is 7.80. The summed E-state index contributed by atoms with van der Waals surface area (Å²) in [7, 11) is -3.29. The van der Waals surface area contributed by atoms with Crippen LogP contribution >= 0.6 is 0 Å². The molecule has 1 heterocycles. The van der Waals surface area contributed by atoms with Gasteiger partial charge in [-0.3, -0.25) is 4.72 Å². The molecule has 0 saturated carbocycles. The highest BCUT2D eigenvalue weighted by atomic mass is 32.2. The monoisotopic (exact) mass is 382 g/mol. The van der Waals surface area contributed by atoms with Crippen molar-refractivity contribution < 1.29 is 13.1 Å². The lowest BCUT2D eigenvalue weighted by atomic mass is 9.77. The van der Waals surface area contributed by atoms with Gasteiger partial charge < -0.3 is 9.85 Å². The zero-order chi connectivity index (χ0) is 19.4. The van der Waals surface area contributed by atoms with Crippen molar-refractivity contribution >= 4 is 15.7 Å². The van der Waals surface area contributed by atoms with Gasteiger partial charge in [-0.05, 0) is 43.4 Å². The lowest BCUT2D eigenvalue weighted by Gasteiger charge is -2.55. The molecule has 0 unspecified atom stereocenters. The van der Waals surface area contributed by atoms with Crippen molar-refractivity contribution in [1.29, 1.82) is 0 Å². The molecule has 2 rings (SSSR count). The zero-order valence-electron chi connectivity index (χ0n) is 16.6. The number of sulfonamides is 1. The Kier molecular flexibility index (Phi) is 7.11. The zero-order valence-corrected chi connectivity index (χ0v) is 17.4. The molecule has 0 amide bonds. The Labute approximate surface area is 159 Å². The fourth-order valence-electron chi connectivity index (χ4n) is 4.23. The maximum atomic E-state index is 13.3. The topological polar surface area (TPSA) is 69.2 Å². The van der Waals surface area contributed by atoms with Crippen LogP contribution in [0, 0.1) is 11.1 Å². The molecule has 0 aromatic heterocycles. The van der Waals surface area contributed by atoms with E-state index >= 15 is 0 Å². The number of piperidine rings is 1. The van der Waals surface area contributed by atoms with E-state index in [1.165, 1.54) is 12.8 Å². The summed E-state index contributed by atoms with van der Waals surface area (Å²) in [5, 5.41) is 13.3. The second-order valence-electron chi connectivity index (χ2n) is 7.95.